The Balaban J connectivity index is 2.00. The molecule has 1 atom stereocenters. The van der Waals surface area contributed by atoms with Crippen molar-refractivity contribution in [2.75, 3.05) is 16.1 Å². The lowest BCUT2D eigenvalue weighted by molar-refractivity contribution is -0.384. The summed E-state index contributed by atoms with van der Waals surface area (Å²) in [6.45, 7) is 1.96. The smallest absolute Gasteiger partial charge is 0.271 e. The summed E-state index contributed by atoms with van der Waals surface area (Å²) in [4.78, 5) is 38.4. The third kappa shape index (κ3) is 3.45. The minimum atomic E-state index is -0.658. The quantitative estimate of drug-likeness (QED) is 0.439. The lowest BCUT2D eigenvalue weighted by Crippen LogP contribution is -2.38. The maximum absolute atomic E-state index is 13.0. The van der Waals surface area contributed by atoms with E-state index < -0.39 is 11.0 Å². The average Bonchev–Trinajstić information content (AvgIpc) is 2.88. The molecule has 1 N–H and O–H groups in total. The van der Waals surface area contributed by atoms with Gasteiger partial charge < -0.3 is 5.32 Å². The highest BCUT2D eigenvalue weighted by atomic mass is 35.5. The summed E-state index contributed by atoms with van der Waals surface area (Å²) in [5, 5.41) is 14.5. The van der Waals surface area contributed by atoms with E-state index >= 15 is 0 Å². The summed E-state index contributed by atoms with van der Waals surface area (Å²) >= 11 is 5.96. The molecule has 0 saturated heterocycles. The van der Waals surface area contributed by atoms with Crippen molar-refractivity contribution in [3.05, 3.63) is 75.0 Å². The number of amides is 1. The predicted molar refractivity (Wildman–Crippen MR) is 115 cm³/mol. The molecule has 4 rings (SSSR count). The van der Waals surface area contributed by atoms with Crippen LogP contribution in [0.15, 0.2) is 53.7 Å². The first kappa shape index (κ1) is 20.1. The number of nitrogens with zero attached hydrogens (tertiary/aromatic N) is 2. The fourth-order valence-electron chi connectivity index (χ4n) is 4.10. The van der Waals surface area contributed by atoms with Crippen LogP contribution in [0, 0.1) is 17.0 Å². The second-order valence-corrected chi connectivity index (χ2v) is 7.73. The zero-order valence-electron chi connectivity index (χ0n) is 16.4. The molecule has 0 fully saturated rings. The van der Waals surface area contributed by atoms with Gasteiger partial charge in [0.05, 0.1) is 22.3 Å². The molecule has 0 spiro atoms. The molecular formula is C22H20ClN3O4. The van der Waals surface area contributed by atoms with Gasteiger partial charge in [-0.2, -0.15) is 0 Å². The van der Waals surface area contributed by atoms with Gasteiger partial charge in [0.1, 0.15) is 5.88 Å². The van der Waals surface area contributed by atoms with E-state index in [1.807, 2.05) is 31.2 Å². The number of allylic oxidation sites excluding steroid dienone is 1. The van der Waals surface area contributed by atoms with E-state index in [9.17, 15) is 19.7 Å². The molecule has 2 aliphatic rings. The van der Waals surface area contributed by atoms with Crippen molar-refractivity contribution in [3.8, 4) is 0 Å². The Hall–Kier alpha value is -3.19. The Kier molecular flexibility index (Phi) is 5.30. The summed E-state index contributed by atoms with van der Waals surface area (Å²) in [6, 6.07) is 11.3. The van der Waals surface area contributed by atoms with Gasteiger partial charge in [-0.1, -0.05) is 29.8 Å². The van der Waals surface area contributed by atoms with Crippen LogP contribution in [0.2, 0.25) is 0 Å². The van der Waals surface area contributed by atoms with Crippen molar-refractivity contribution in [1.29, 1.82) is 0 Å². The molecule has 1 heterocycles. The van der Waals surface area contributed by atoms with Crippen molar-refractivity contribution in [3.63, 3.8) is 0 Å². The number of carbonyl (C=O) groups excluding carboxylic acids is 2. The Labute approximate surface area is 178 Å². The molecule has 0 aromatic heterocycles. The number of alkyl halides is 1. The number of anilines is 2. The van der Waals surface area contributed by atoms with Crippen LogP contribution in [0.25, 0.3) is 0 Å². The highest BCUT2D eigenvalue weighted by Crippen LogP contribution is 2.45. The standard InChI is InChI=1S/C22H20ClN3O4/c1-13-5-7-14(8-6-13)22-21-16(3-2-4-19(21)27)24-17-11-15(26(29)30)9-10-18(17)25(22)20(28)12-23/h5-11,22,24H,2-4,12H2,1H3. The Morgan fingerprint density at radius 2 is 1.97 bits per heavy atom. The minimum Gasteiger partial charge on any atom is -0.357 e. The first-order valence-electron chi connectivity index (χ1n) is 9.67. The highest BCUT2D eigenvalue weighted by Gasteiger charge is 2.39. The lowest BCUT2D eigenvalue weighted by Gasteiger charge is -2.33. The number of nitrogens with one attached hydrogen (secondary N) is 1. The maximum Gasteiger partial charge on any atom is 0.271 e. The molecular weight excluding hydrogens is 406 g/mol. The Morgan fingerprint density at radius 3 is 2.63 bits per heavy atom. The van der Waals surface area contributed by atoms with E-state index in [1.165, 1.54) is 23.1 Å². The van der Waals surface area contributed by atoms with Crippen molar-refractivity contribution in [2.24, 2.45) is 0 Å². The summed E-state index contributed by atoms with van der Waals surface area (Å²) in [7, 11) is 0. The van der Waals surface area contributed by atoms with Crippen LogP contribution < -0.4 is 10.2 Å². The number of nitro benzene ring substituents is 1. The number of fused-ring (bicyclic) bond motifs is 1. The summed E-state index contributed by atoms with van der Waals surface area (Å²) in [6.07, 6.45) is 1.69. The van der Waals surface area contributed by atoms with Crippen LogP contribution in [0.5, 0.6) is 0 Å². The molecule has 1 unspecified atom stereocenters. The van der Waals surface area contributed by atoms with Crippen molar-refractivity contribution in [2.45, 2.75) is 32.2 Å². The van der Waals surface area contributed by atoms with Gasteiger partial charge in [0.15, 0.2) is 5.78 Å². The number of nitro groups is 1. The number of benzene rings is 2. The summed E-state index contributed by atoms with van der Waals surface area (Å²) < 4.78 is 0. The van der Waals surface area contributed by atoms with E-state index in [1.54, 1.807) is 0 Å². The number of carbonyl (C=O) groups is 2. The molecule has 0 saturated carbocycles. The molecule has 1 aliphatic carbocycles. The van der Waals surface area contributed by atoms with Gasteiger partial charge in [-0.3, -0.25) is 24.6 Å². The van der Waals surface area contributed by atoms with E-state index in [0.717, 1.165) is 11.1 Å². The van der Waals surface area contributed by atoms with Crippen LogP contribution in [0.1, 0.15) is 36.4 Å². The van der Waals surface area contributed by atoms with E-state index in [4.69, 9.17) is 11.6 Å². The fourth-order valence-corrected chi connectivity index (χ4v) is 4.23. The third-order valence-corrected chi connectivity index (χ3v) is 5.73. The minimum absolute atomic E-state index is 0.0380. The summed E-state index contributed by atoms with van der Waals surface area (Å²) in [5.41, 5.74) is 3.83. The number of hydrogen-bond donors (Lipinski definition) is 1. The van der Waals surface area contributed by atoms with Crippen molar-refractivity contribution < 1.29 is 14.5 Å². The molecule has 1 aliphatic heterocycles. The molecule has 0 bridgehead atoms. The molecule has 2 aromatic carbocycles. The van der Waals surface area contributed by atoms with Gasteiger partial charge >= 0.3 is 0 Å². The molecule has 8 heteroatoms. The average molecular weight is 426 g/mol. The predicted octanol–water partition coefficient (Wildman–Crippen LogP) is 4.65. The Bertz CT molecular complexity index is 1080. The third-order valence-electron chi connectivity index (χ3n) is 5.50. The van der Waals surface area contributed by atoms with Crippen LogP contribution in [0.3, 0.4) is 0 Å². The lowest BCUT2D eigenvalue weighted by atomic mass is 9.85. The monoisotopic (exact) mass is 425 g/mol. The number of rotatable bonds is 3. The van der Waals surface area contributed by atoms with E-state index in [2.05, 4.69) is 5.32 Å². The number of halogens is 1. The largest absolute Gasteiger partial charge is 0.357 e. The second kappa shape index (κ2) is 7.91. The zero-order chi connectivity index (χ0) is 21.4. The Morgan fingerprint density at radius 1 is 1.23 bits per heavy atom. The van der Waals surface area contributed by atoms with Crippen molar-refractivity contribution >= 4 is 40.4 Å². The van der Waals surface area contributed by atoms with Gasteiger partial charge in [-0.05, 0) is 31.4 Å². The normalized spacial score (nSPS) is 18.3. The van der Waals surface area contributed by atoms with Crippen LogP contribution >= 0.6 is 11.6 Å². The number of aryl methyl sites for hydroxylation is 1. The topological polar surface area (TPSA) is 92.5 Å². The molecule has 154 valence electrons. The SMILES string of the molecule is Cc1ccc(C2C3=C(CCCC3=O)Nc3cc([N+](=O)[O-])ccc3N2C(=O)CCl)cc1. The number of hydrogen-bond acceptors (Lipinski definition) is 5. The molecule has 2 aromatic rings. The first-order valence-corrected chi connectivity index (χ1v) is 10.2. The highest BCUT2D eigenvalue weighted by molar-refractivity contribution is 6.30. The second-order valence-electron chi connectivity index (χ2n) is 7.46. The molecule has 1 amide bonds. The zero-order valence-corrected chi connectivity index (χ0v) is 17.1. The van der Waals surface area contributed by atoms with Gasteiger partial charge in [0.25, 0.3) is 5.69 Å². The number of ketones is 1. The number of Topliss-reactive ketones (excluding diaryl/α,β-unsaturated/α-hetero) is 1. The van der Waals surface area contributed by atoms with Crippen LogP contribution in [0.4, 0.5) is 17.1 Å². The van der Waals surface area contributed by atoms with Gasteiger partial charge in [-0.15, -0.1) is 11.6 Å². The fraction of sp³-hybridized carbons (Fsp3) is 0.273. The van der Waals surface area contributed by atoms with Crippen LogP contribution in [-0.2, 0) is 9.59 Å². The van der Waals surface area contributed by atoms with Gasteiger partial charge in [-0.25, -0.2) is 0 Å². The number of non-ortho nitro benzene ring substituents is 1. The van der Waals surface area contributed by atoms with Gasteiger partial charge in [0.2, 0.25) is 5.91 Å². The van der Waals surface area contributed by atoms with E-state index in [0.29, 0.717) is 41.9 Å². The van der Waals surface area contributed by atoms with E-state index in [-0.39, 0.29) is 23.3 Å². The van der Waals surface area contributed by atoms with Gasteiger partial charge in [0, 0.05) is 29.8 Å². The molecule has 0 radical (unpaired) electrons. The van der Waals surface area contributed by atoms with Crippen LogP contribution in [-0.4, -0.2) is 22.5 Å². The maximum atomic E-state index is 13.0. The molecule has 30 heavy (non-hydrogen) atoms. The first-order chi connectivity index (χ1) is 14.4. The van der Waals surface area contributed by atoms with Crippen molar-refractivity contribution in [1.82, 2.24) is 0 Å². The molecule has 7 nitrogen and oxygen atoms in total. The summed E-state index contributed by atoms with van der Waals surface area (Å²) in [5.74, 6) is -0.703.